The van der Waals surface area contributed by atoms with Crippen molar-refractivity contribution in [1.29, 1.82) is 0 Å². The molecule has 5 nitrogen and oxygen atoms in total. The highest BCUT2D eigenvalue weighted by atomic mass is 16.3. The van der Waals surface area contributed by atoms with Gasteiger partial charge in [-0.05, 0) is 31.7 Å². The first-order valence-electron chi connectivity index (χ1n) is 7.64. The number of hydrogen-bond donors (Lipinski definition) is 2. The lowest BCUT2D eigenvalue weighted by atomic mass is 9.91. The van der Waals surface area contributed by atoms with E-state index in [9.17, 15) is 14.7 Å². The zero-order valence-electron chi connectivity index (χ0n) is 12.6. The Labute approximate surface area is 128 Å². The normalized spacial score (nSPS) is 22.0. The van der Waals surface area contributed by atoms with Crippen LogP contribution in [-0.2, 0) is 0 Å². The van der Waals surface area contributed by atoms with E-state index >= 15 is 0 Å². The van der Waals surface area contributed by atoms with Crippen LogP contribution in [0.1, 0.15) is 30.1 Å². The molecule has 2 heterocycles. The molecule has 1 aliphatic heterocycles. The Morgan fingerprint density at radius 3 is 2.77 bits per heavy atom. The molecule has 2 atom stereocenters. The SMILES string of the molecule is C[C@H]1C[C@@H](CO)CCN1C(=O)c1c[nH]c(=O)c2ccccc12. The summed E-state index contributed by atoms with van der Waals surface area (Å²) in [5.41, 5.74) is 0.351. The molecule has 1 fully saturated rings. The summed E-state index contributed by atoms with van der Waals surface area (Å²) < 4.78 is 0. The maximum absolute atomic E-state index is 12.9. The molecule has 0 aliphatic carbocycles. The molecule has 0 spiro atoms. The minimum atomic E-state index is -0.181. The molecule has 1 saturated heterocycles. The highest BCUT2D eigenvalue weighted by molar-refractivity contribution is 6.06. The number of nitrogens with zero attached hydrogens (tertiary/aromatic N) is 1. The molecule has 3 rings (SSSR count). The molecule has 0 saturated carbocycles. The number of amides is 1. The number of likely N-dealkylation sites (tertiary alicyclic amines) is 1. The van der Waals surface area contributed by atoms with Gasteiger partial charge < -0.3 is 15.0 Å². The molecule has 5 heteroatoms. The van der Waals surface area contributed by atoms with Crippen LogP contribution >= 0.6 is 0 Å². The lowest BCUT2D eigenvalue weighted by molar-refractivity contribution is 0.0516. The van der Waals surface area contributed by atoms with Crippen molar-refractivity contribution in [2.24, 2.45) is 5.92 Å². The summed E-state index contributed by atoms with van der Waals surface area (Å²) in [7, 11) is 0. The summed E-state index contributed by atoms with van der Waals surface area (Å²) in [6.45, 7) is 2.82. The van der Waals surface area contributed by atoms with Crippen molar-refractivity contribution in [2.45, 2.75) is 25.8 Å². The van der Waals surface area contributed by atoms with Gasteiger partial charge in [0.2, 0.25) is 0 Å². The van der Waals surface area contributed by atoms with Gasteiger partial charge in [0, 0.05) is 36.2 Å². The molecule has 22 heavy (non-hydrogen) atoms. The van der Waals surface area contributed by atoms with Gasteiger partial charge >= 0.3 is 0 Å². The number of piperidine rings is 1. The largest absolute Gasteiger partial charge is 0.396 e. The summed E-state index contributed by atoms with van der Waals surface area (Å²) in [6.07, 6.45) is 3.13. The van der Waals surface area contributed by atoms with Gasteiger partial charge in [-0.15, -0.1) is 0 Å². The number of fused-ring (bicyclic) bond motifs is 1. The minimum absolute atomic E-state index is 0.0589. The number of carbonyl (C=O) groups is 1. The first-order valence-corrected chi connectivity index (χ1v) is 7.64. The standard InChI is InChI=1S/C17H20N2O3/c1-11-8-12(10-20)6-7-19(11)17(22)15-9-18-16(21)14-5-3-2-4-13(14)15/h2-5,9,11-12,20H,6-8,10H2,1H3,(H,18,21)/t11-,12-/m0/s1. The third-order valence-corrected chi connectivity index (χ3v) is 4.54. The maximum Gasteiger partial charge on any atom is 0.256 e. The molecule has 0 radical (unpaired) electrons. The van der Waals surface area contributed by atoms with Crippen molar-refractivity contribution >= 4 is 16.7 Å². The average molecular weight is 300 g/mol. The summed E-state index contributed by atoms with van der Waals surface area (Å²) in [5, 5.41) is 10.5. The number of carbonyl (C=O) groups excluding carboxylic acids is 1. The van der Waals surface area contributed by atoms with E-state index in [1.165, 1.54) is 6.20 Å². The van der Waals surface area contributed by atoms with Crippen LogP contribution in [0.2, 0.25) is 0 Å². The fourth-order valence-electron chi connectivity index (χ4n) is 3.28. The van der Waals surface area contributed by atoms with Crippen LogP contribution in [0.25, 0.3) is 10.8 Å². The second-order valence-corrected chi connectivity index (χ2v) is 6.00. The predicted octanol–water partition coefficient (Wildman–Crippen LogP) is 1.76. The zero-order valence-corrected chi connectivity index (χ0v) is 12.6. The lowest BCUT2D eigenvalue weighted by Crippen LogP contribution is -2.45. The van der Waals surface area contributed by atoms with Gasteiger partial charge in [0.05, 0.1) is 5.56 Å². The van der Waals surface area contributed by atoms with Gasteiger partial charge in [-0.1, -0.05) is 18.2 Å². The number of aromatic nitrogens is 1. The van der Waals surface area contributed by atoms with E-state index in [0.717, 1.165) is 12.8 Å². The molecule has 2 aromatic rings. The fraction of sp³-hybridized carbons (Fsp3) is 0.412. The Hall–Kier alpha value is -2.14. The summed E-state index contributed by atoms with van der Waals surface area (Å²) in [5.74, 6) is 0.211. The number of aliphatic hydroxyl groups excluding tert-OH is 1. The van der Waals surface area contributed by atoms with Crippen LogP contribution in [0.4, 0.5) is 0 Å². The van der Waals surface area contributed by atoms with E-state index in [-0.39, 0.29) is 30.0 Å². The van der Waals surface area contributed by atoms with E-state index in [2.05, 4.69) is 4.98 Å². The van der Waals surface area contributed by atoms with E-state index in [1.807, 2.05) is 24.0 Å². The number of aromatic amines is 1. The minimum Gasteiger partial charge on any atom is -0.396 e. The Bertz CT molecular complexity index is 753. The average Bonchev–Trinajstić information content (AvgIpc) is 2.55. The number of nitrogens with one attached hydrogen (secondary N) is 1. The van der Waals surface area contributed by atoms with Gasteiger partial charge in [0.15, 0.2) is 0 Å². The first kappa shape index (κ1) is 14.8. The van der Waals surface area contributed by atoms with Crippen molar-refractivity contribution in [1.82, 2.24) is 9.88 Å². The Morgan fingerprint density at radius 1 is 1.36 bits per heavy atom. The van der Waals surface area contributed by atoms with Gasteiger partial charge in [-0.3, -0.25) is 9.59 Å². The van der Waals surface area contributed by atoms with Crippen LogP contribution in [0.15, 0.2) is 35.3 Å². The number of pyridine rings is 1. The van der Waals surface area contributed by atoms with Crippen LogP contribution in [0, 0.1) is 5.92 Å². The fourth-order valence-corrected chi connectivity index (χ4v) is 3.28. The third-order valence-electron chi connectivity index (χ3n) is 4.54. The molecule has 1 aromatic heterocycles. The van der Waals surface area contributed by atoms with Gasteiger partial charge in [0.1, 0.15) is 0 Å². The molecule has 0 bridgehead atoms. The first-order chi connectivity index (χ1) is 10.6. The van der Waals surface area contributed by atoms with Gasteiger partial charge in [-0.2, -0.15) is 0 Å². The van der Waals surface area contributed by atoms with Crippen LogP contribution < -0.4 is 5.56 Å². The third kappa shape index (κ3) is 2.52. The lowest BCUT2D eigenvalue weighted by Gasteiger charge is -2.37. The number of hydrogen-bond acceptors (Lipinski definition) is 3. The number of H-pyrrole nitrogens is 1. The highest BCUT2D eigenvalue weighted by Crippen LogP contribution is 2.25. The smallest absolute Gasteiger partial charge is 0.256 e. The Kier molecular flexibility index (Phi) is 3.98. The van der Waals surface area contributed by atoms with Crippen molar-refractivity contribution in [3.05, 3.63) is 46.4 Å². The van der Waals surface area contributed by atoms with Gasteiger partial charge in [-0.25, -0.2) is 0 Å². The summed E-state index contributed by atoms with van der Waals surface area (Å²) >= 11 is 0. The summed E-state index contributed by atoms with van der Waals surface area (Å²) in [4.78, 5) is 29.2. The van der Waals surface area contributed by atoms with E-state index in [1.54, 1.807) is 12.1 Å². The topological polar surface area (TPSA) is 73.4 Å². The molecular formula is C17H20N2O3. The molecule has 2 N–H and O–H groups in total. The van der Waals surface area contributed by atoms with E-state index < -0.39 is 0 Å². The van der Waals surface area contributed by atoms with Crippen molar-refractivity contribution in [3.63, 3.8) is 0 Å². The molecule has 1 aromatic carbocycles. The maximum atomic E-state index is 12.9. The number of benzene rings is 1. The number of rotatable bonds is 2. The van der Waals surface area contributed by atoms with Crippen molar-refractivity contribution < 1.29 is 9.90 Å². The predicted molar refractivity (Wildman–Crippen MR) is 84.9 cm³/mol. The quantitative estimate of drug-likeness (QED) is 0.887. The molecule has 0 unspecified atom stereocenters. The number of aliphatic hydroxyl groups is 1. The summed E-state index contributed by atoms with van der Waals surface area (Å²) in [6, 6.07) is 7.25. The van der Waals surface area contributed by atoms with E-state index in [0.29, 0.717) is 22.9 Å². The monoisotopic (exact) mass is 300 g/mol. The second kappa shape index (κ2) is 5.93. The zero-order chi connectivity index (χ0) is 15.7. The molecular weight excluding hydrogens is 280 g/mol. The van der Waals surface area contributed by atoms with Gasteiger partial charge in [0.25, 0.3) is 11.5 Å². The van der Waals surface area contributed by atoms with Crippen molar-refractivity contribution in [3.8, 4) is 0 Å². The van der Waals surface area contributed by atoms with Crippen LogP contribution in [0.3, 0.4) is 0 Å². The molecule has 116 valence electrons. The Morgan fingerprint density at radius 2 is 2.09 bits per heavy atom. The van der Waals surface area contributed by atoms with Crippen LogP contribution in [0.5, 0.6) is 0 Å². The Balaban J connectivity index is 1.96. The molecule has 1 amide bonds. The second-order valence-electron chi connectivity index (χ2n) is 6.00. The van der Waals surface area contributed by atoms with Crippen molar-refractivity contribution in [2.75, 3.05) is 13.2 Å². The highest BCUT2D eigenvalue weighted by Gasteiger charge is 2.29. The van der Waals surface area contributed by atoms with E-state index in [4.69, 9.17) is 0 Å². The molecule has 1 aliphatic rings. The van der Waals surface area contributed by atoms with Crippen LogP contribution in [-0.4, -0.2) is 40.1 Å².